The zero-order chi connectivity index (χ0) is 17.6. The van der Waals surface area contributed by atoms with E-state index >= 15 is 0 Å². The molecule has 0 aliphatic carbocycles. The fourth-order valence-electron chi connectivity index (χ4n) is 3.07. The zero-order valence-electron chi connectivity index (χ0n) is 14.0. The van der Waals surface area contributed by atoms with E-state index < -0.39 is 0 Å². The Morgan fingerprint density at radius 1 is 1.12 bits per heavy atom. The number of carbonyl (C=O) groups excluding carboxylic acids is 1. The molecule has 25 heavy (non-hydrogen) atoms. The van der Waals surface area contributed by atoms with E-state index in [1.54, 1.807) is 6.07 Å². The van der Waals surface area contributed by atoms with Crippen molar-refractivity contribution in [3.8, 4) is 0 Å². The number of hydrogen-bond donors (Lipinski definition) is 1. The summed E-state index contributed by atoms with van der Waals surface area (Å²) in [5.41, 5.74) is 4.79. The average molecular weight is 336 g/mol. The van der Waals surface area contributed by atoms with Gasteiger partial charge in [-0.15, -0.1) is 0 Å². The first-order valence-corrected chi connectivity index (χ1v) is 7.99. The van der Waals surface area contributed by atoms with Crippen LogP contribution in [-0.4, -0.2) is 26.6 Å². The number of anilines is 2. The highest BCUT2D eigenvalue weighted by atomic mass is 19.1. The van der Waals surface area contributed by atoms with Crippen LogP contribution in [0.2, 0.25) is 0 Å². The molecule has 0 spiro atoms. The molecule has 0 saturated carbocycles. The first kappa shape index (κ1) is 15.4. The Morgan fingerprint density at radius 2 is 1.88 bits per heavy atom. The van der Waals surface area contributed by atoms with Gasteiger partial charge in [0.05, 0.1) is 11.3 Å². The molecule has 1 N–H and O–H groups in total. The Hall–Kier alpha value is -3.08. The lowest BCUT2D eigenvalue weighted by molar-refractivity contribution is -0.110. The molecular weight excluding hydrogens is 319 g/mol. The second-order valence-corrected chi connectivity index (χ2v) is 6.28. The van der Waals surface area contributed by atoms with Crippen LogP contribution in [0.15, 0.2) is 54.3 Å². The Kier molecular flexibility index (Phi) is 3.57. The van der Waals surface area contributed by atoms with Gasteiger partial charge >= 0.3 is 0 Å². The summed E-state index contributed by atoms with van der Waals surface area (Å²) in [5.74, 6) is -0.125. The van der Waals surface area contributed by atoms with Crippen LogP contribution in [0.25, 0.3) is 11.1 Å². The highest BCUT2D eigenvalue weighted by molar-refractivity contribution is 6.32. The van der Waals surface area contributed by atoms with E-state index in [1.807, 2.05) is 49.3 Å². The molecule has 2 aliphatic heterocycles. The molecule has 0 radical (unpaired) electrons. The lowest BCUT2D eigenvalue weighted by Crippen LogP contribution is -2.08. The third-order valence-electron chi connectivity index (χ3n) is 4.42. The summed E-state index contributed by atoms with van der Waals surface area (Å²) >= 11 is 0. The van der Waals surface area contributed by atoms with Crippen LogP contribution in [0.5, 0.6) is 0 Å². The molecule has 2 aliphatic rings. The van der Waals surface area contributed by atoms with Crippen molar-refractivity contribution in [2.24, 2.45) is 0 Å². The molecule has 0 saturated heterocycles. The van der Waals surface area contributed by atoms with E-state index in [0.29, 0.717) is 29.2 Å². The summed E-state index contributed by atoms with van der Waals surface area (Å²) in [6.45, 7) is 0.407. The largest absolute Gasteiger partial charge is 0.488 e. The van der Waals surface area contributed by atoms with E-state index in [-0.39, 0.29) is 11.7 Å². The van der Waals surface area contributed by atoms with E-state index in [4.69, 9.17) is 4.74 Å². The summed E-state index contributed by atoms with van der Waals surface area (Å²) in [6.07, 6.45) is 1.89. The highest BCUT2D eigenvalue weighted by Crippen LogP contribution is 2.38. The number of benzene rings is 2. The third-order valence-corrected chi connectivity index (χ3v) is 4.42. The molecule has 0 fully saturated rings. The maximum absolute atomic E-state index is 13.4. The Balaban J connectivity index is 1.71. The van der Waals surface area contributed by atoms with Gasteiger partial charge in [-0.1, -0.05) is 12.1 Å². The number of nitrogens with zero attached hydrogens (tertiary/aromatic N) is 1. The van der Waals surface area contributed by atoms with Gasteiger partial charge in [-0.2, -0.15) is 0 Å². The number of nitrogens with one attached hydrogen (secondary N) is 1. The lowest BCUT2D eigenvalue weighted by atomic mass is 10.0. The number of rotatable bonds is 2. The van der Waals surface area contributed by atoms with Crippen LogP contribution >= 0.6 is 0 Å². The van der Waals surface area contributed by atoms with Crippen LogP contribution in [0.3, 0.4) is 0 Å². The number of amides is 1. The Morgan fingerprint density at radius 3 is 2.60 bits per heavy atom. The fraction of sp³-hybridized carbons (Fsp3) is 0.150. The van der Waals surface area contributed by atoms with E-state index in [9.17, 15) is 9.18 Å². The van der Waals surface area contributed by atoms with Gasteiger partial charge in [0.1, 0.15) is 18.2 Å². The minimum absolute atomic E-state index is 0.268. The molecular formula is C20H17FN2O2. The van der Waals surface area contributed by atoms with Crippen LogP contribution < -0.4 is 10.2 Å². The van der Waals surface area contributed by atoms with Crippen LogP contribution in [0.4, 0.5) is 15.8 Å². The van der Waals surface area contributed by atoms with Gasteiger partial charge in [0, 0.05) is 30.9 Å². The average Bonchev–Trinajstić information content (AvgIpc) is 3.18. The van der Waals surface area contributed by atoms with Crippen molar-refractivity contribution in [3.05, 3.63) is 71.2 Å². The van der Waals surface area contributed by atoms with Crippen molar-refractivity contribution in [2.45, 2.75) is 0 Å². The van der Waals surface area contributed by atoms with Gasteiger partial charge in [-0.3, -0.25) is 4.79 Å². The highest BCUT2D eigenvalue weighted by Gasteiger charge is 2.30. The smallest absolute Gasteiger partial charge is 0.260 e. The molecule has 2 heterocycles. The minimum Gasteiger partial charge on any atom is -0.488 e. The number of ether oxygens (including phenoxy) is 1. The van der Waals surface area contributed by atoms with Crippen LogP contribution in [0.1, 0.15) is 11.1 Å². The molecule has 5 heteroatoms. The summed E-state index contributed by atoms with van der Waals surface area (Å²) in [6, 6.07) is 12.4. The summed E-state index contributed by atoms with van der Waals surface area (Å²) < 4.78 is 19.1. The quantitative estimate of drug-likeness (QED) is 0.851. The van der Waals surface area contributed by atoms with Gasteiger partial charge in [0.25, 0.3) is 5.91 Å². The van der Waals surface area contributed by atoms with Gasteiger partial charge < -0.3 is 15.0 Å². The molecule has 4 rings (SSSR count). The number of hydrogen-bond acceptors (Lipinski definition) is 3. The number of carbonyl (C=O) groups is 1. The van der Waals surface area contributed by atoms with E-state index in [0.717, 1.165) is 16.8 Å². The van der Waals surface area contributed by atoms with E-state index in [1.165, 1.54) is 12.1 Å². The predicted octanol–water partition coefficient (Wildman–Crippen LogP) is 3.67. The second kappa shape index (κ2) is 5.77. The molecule has 2 aromatic carbocycles. The van der Waals surface area contributed by atoms with Gasteiger partial charge in [-0.05, 0) is 42.0 Å². The third kappa shape index (κ3) is 2.67. The maximum Gasteiger partial charge on any atom is 0.260 e. The normalized spacial score (nSPS) is 18.5. The molecule has 1 amide bonds. The molecule has 2 aromatic rings. The van der Waals surface area contributed by atoms with Crippen LogP contribution in [-0.2, 0) is 9.53 Å². The fourth-order valence-corrected chi connectivity index (χ4v) is 3.07. The van der Waals surface area contributed by atoms with Gasteiger partial charge in [-0.25, -0.2) is 4.39 Å². The SMILES string of the molecule is CN(C)c1ccc(C2=CC(=C3C(=O)Nc4cc(F)ccc43)OC2)cc1. The second-order valence-electron chi connectivity index (χ2n) is 6.28. The summed E-state index contributed by atoms with van der Waals surface area (Å²) in [5, 5.41) is 2.69. The monoisotopic (exact) mass is 336 g/mol. The Labute approximate surface area is 145 Å². The van der Waals surface area contributed by atoms with Crippen molar-refractivity contribution in [3.63, 3.8) is 0 Å². The number of fused-ring (bicyclic) bond motifs is 1. The number of halogens is 1. The maximum atomic E-state index is 13.4. The summed E-state index contributed by atoms with van der Waals surface area (Å²) in [7, 11) is 3.99. The summed E-state index contributed by atoms with van der Waals surface area (Å²) in [4.78, 5) is 14.3. The predicted molar refractivity (Wildman–Crippen MR) is 96.6 cm³/mol. The van der Waals surface area contributed by atoms with Crippen molar-refractivity contribution in [2.75, 3.05) is 30.9 Å². The van der Waals surface area contributed by atoms with Crippen molar-refractivity contribution < 1.29 is 13.9 Å². The molecule has 126 valence electrons. The standard InChI is InChI=1S/C20H17FN2O2/c1-23(2)15-6-3-12(4-7-15)13-9-18(25-11-13)19-16-8-5-14(21)10-17(16)22-20(19)24/h3-10H,11H2,1-2H3,(H,22,24). The van der Waals surface area contributed by atoms with Gasteiger partial charge in [0.2, 0.25) is 0 Å². The Bertz CT molecular complexity index is 927. The topological polar surface area (TPSA) is 41.6 Å². The first-order valence-electron chi connectivity index (χ1n) is 7.99. The molecule has 0 atom stereocenters. The van der Waals surface area contributed by atoms with Crippen molar-refractivity contribution >= 4 is 28.4 Å². The zero-order valence-corrected chi connectivity index (χ0v) is 14.0. The molecule has 4 nitrogen and oxygen atoms in total. The van der Waals surface area contributed by atoms with Crippen LogP contribution in [0, 0.1) is 5.82 Å². The van der Waals surface area contributed by atoms with E-state index in [2.05, 4.69) is 5.32 Å². The first-order chi connectivity index (χ1) is 12.0. The van der Waals surface area contributed by atoms with Crippen molar-refractivity contribution in [1.29, 1.82) is 0 Å². The minimum atomic E-state index is -0.380. The number of allylic oxidation sites excluding steroid dienone is 1. The molecule has 0 unspecified atom stereocenters. The van der Waals surface area contributed by atoms with Gasteiger partial charge in [0.15, 0.2) is 0 Å². The molecule has 0 bridgehead atoms. The lowest BCUT2D eigenvalue weighted by Gasteiger charge is -2.12. The molecule has 0 aromatic heterocycles. The van der Waals surface area contributed by atoms with Crippen molar-refractivity contribution in [1.82, 2.24) is 0 Å².